The number of imide groups is 1. The van der Waals surface area contributed by atoms with Crippen molar-refractivity contribution in [1.82, 2.24) is 25.5 Å². The molecule has 0 radical (unpaired) electrons. The molecule has 19 heavy (non-hydrogen) atoms. The van der Waals surface area contributed by atoms with Crippen molar-refractivity contribution in [2.75, 3.05) is 0 Å². The number of nitrogens with one attached hydrogen (secondary N) is 1. The van der Waals surface area contributed by atoms with Crippen molar-refractivity contribution >= 4 is 11.8 Å². The molecule has 1 aliphatic rings. The van der Waals surface area contributed by atoms with Crippen LogP contribution in [0.3, 0.4) is 0 Å². The predicted octanol–water partition coefficient (Wildman–Crippen LogP) is 0.613. The maximum Gasteiger partial charge on any atom is 0.262 e. The van der Waals surface area contributed by atoms with E-state index in [2.05, 4.69) is 20.6 Å². The van der Waals surface area contributed by atoms with E-state index in [1.165, 1.54) is 0 Å². The molecule has 2 aromatic rings. The molecule has 0 spiro atoms. The van der Waals surface area contributed by atoms with Crippen LogP contribution in [0.5, 0.6) is 0 Å². The van der Waals surface area contributed by atoms with Crippen LogP contribution in [0.25, 0.3) is 0 Å². The zero-order valence-electron chi connectivity index (χ0n) is 10.5. The molecule has 0 fully saturated rings. The molecule has 3 rings (SSSR count). The topological polar surface area (TPSA) is 91.8 Å². The monoisotopic (exact) mass is 257 g/mol. The Kier molecular flexibility index (Phi) is 2.41. The molecule has 7 nitrogen and oxygen atoms in total. The lowest BCUT2D eigenvalue weighted by Crippen LogP contribution is -2.29. The van der Waals surface area contributed by atoms with Gasteiger partial charge in [0.25, 0.3) is 11.8 Å². The van der Waals surface area contributed by atoms with E-state index >= 15 is 0 Å². The van der Waals surface area contributed by atoms with Gasteiger partial charge in [0.15, 0.2) is 5.82 Å². The molecule has 1 aromatic heterocycles. The minimum Gasteiger partial charge on any atom is -0.269 e. The van der Waals surface area contributed by atoms with E-state index < -0.39 is 0 Å². The van der Waals surface area contributed by atoms with Crippen LogP contribution in [0.4, 0.5) is 0 Å². The summed E-state index contributed by atoms with van der Waals surface area (Å²) >= 11 is 0. The fourth-order valence-corrected chi connectivity index (χ4v) is 2.26. The Labute approximate surface area is 108 Å². The number of tetrazole rings is 1. The summed E-state index contributed by atoms with van der Waals surface area (Å²) in [5.41, 5.74) is 2.56. The Morgan fingerprint density at radius 3 is 2.16 bits per heavy atom. The zero-order chi connectivity index (χ0) is 13.6. The Balaban J connectivity index is 2.05. The number of carbonyl (C=O) groups excluding carboxylic acids is 2. The molecule has 0 saturated heterocycles. The molecule has 2 amide bonds. The fraction of sp³-hybridized carbons (Fsp3) is 0.250. The summed E-state index contributed by atoms with van der Waals surface area (Å²) in [6.07, 6.45) is 0. The van der Waals surface area contributed by atoms with Gasteiger partial charge >= 0.3 is 0 Å². The number of rotatable bonds is 2. The van der Waals surface area contributed by atoms with E-state index in [-0.39, 0.29) is 18.4 Å². The van der Waals surface area contributed by atoms with Gasteiger partial charge in [-0.1, -0.05) is 17.3 Å². The number of hydrogen-bond donors (Lipinski definition) is 1. The fourth-order valence-electron chi connectivity index (χ4n) is 2.26. The molecular formula is C12H11N5O2. The normalized spacial score (nSPS) is 14.1. The number of fused-ring (bicyclic) bond motifs is 1. The summed E-state index contributed by atoms with van der Waals surface area (Å²) in [6, 6.07) is 3.69. The SMILES string of the molecule is Cc1ccc(C)c2c1C(=O)N(Cc1nn[nH]n1)C2=O. The first-order valence-corrected chi connectivity index (χ1v) is 5.78. The molecule has 0 atom stereocenters. The number of aryl methyl sites for hydroxylation is 2. The van der Waals surface area contributed by atoms with E-state index in [1.54, 1.807) is 0 Å². The van der Waals surface area contributed by atoms with Crippen molar-refractivity contribution in [3.63, 3.8) is 0 Å². The molecule has 0 unspecified atom stereocenters. The van der Waals surface area contributed by atoms with Crippen molar-refractivity contribution in [3.05, 3.63) is 40.2 Å². The van der Waals surface area contributed by atoms with Crippen LogP contribution in [0, 0.1) is 13.8 Å². The Morgan fingerprint density at radius 2 is 1.68 bits per heavy atom. The van der Waals surface area contributed by atoms with Gasteiger partial charge in [0.1, 0.15) is 0 Å². The molecule has 0 bridgehead atoms. The van der Waals surface area contributed by atoms with Gasteiger partial charge < -0.3 is 0 Å². The lowest BCUT2D eigenvalue weighted by Gasteiger charge is -2.10. The number of H-pyrrole nitrogens is 1. The van der Waals surface area contributed by atoms with Crippen molar-refractivity contribution < 1.29 is 9.59 Å². The molecule has 1 aliphatic heterocycles. The number of aromatic nitrogens is 4. The number of benzene rings is 1. The van der Waals surface area contributed by atoms with Crippen LogP contribution in [-0.4, -0.2) is 37.3 Å². The van der Waals surface area contributed by atoms with Crippen molar-refractivity contribution in [3.8, 4) is 0 Å². The lowest BCUT2D eigenvalue weighted by atomic mass is 9.99. The van der Waals surface area contributed by atoms with Crippen LogP contribution in [0.1, 0.15) is 37.7 Å². The van der Waals surface area contributed by atoms with E-state index in [9.17, 15) is 9.59 Å². The maximum absolute atomic E-state index is 12.3. The first-order valence-electron chi connectivity index (χ1n) is 5.78. The highest BCUT2D eigenvalue weighted by Gasteiger charge is 2.38. The summed E-state index contributed by atoms with van der Waals surface area (Å²) in [6.45, 7) is 3.67. The zero-order valence-corrected chi connectivity index (χ0v) is 10.5. The van der Waals surface area contributed by atoms with Crippen LogP contribution < -0.4 is 0 Å². The first-order chi connectivity index (χ1) is 9.09. The van der Waals surface area contributed by atoms with Gasteiger partial charge in [-0.15, -0.1) is 10.2 Å². The molecule has 0 saturated carbocycles. The molecule has 1 N–H and O–H groups in total. The third-order valence-corrected chi connectivity index (χ3v) is 3.23. The minimum absolute atomic E-state index is 0.0295. The number of nitrogens with zero attached hydrogens (tertiary/aromatic N) is 4. The molecule has 7 heteroatoms. The third-order valence-electron chi connectivity index (χ3n) is 3.23. The number of amides is 2. The minimum atomic E-state index is -0.300. The largest absolute Gasteiger partial charge is 0.269 e. The van der Waals surface area contributed by atoms with Gasteiger partial charge in [-0.3, -0.25) is 14.5 Å². The predicted molar refractivity (Wildman–Crippen MR) is 64.3 cm³/mol. The quantitative estimate of drug-likeness (QED) is 0.796. The Bertz CT molecular complexity index is 637. The van der Waals surface area contributed by atoms with E-state index in [0.717, 1.165) is 16.0 Å². The second-order valence-corrected chi connectivity index (χ2v) is 4.47. The first kappa shape index (κ1) is 11.5. The average molecular weight is 257 g/mol. The van der Waals surface area contributed by atoms with E-state index in [1.807, 2.05) is 26.0 Å². The smallest absolute Gasteiger partial charge is 0.262 e. The van der Waals surface area contributed by atoms with Gasteiger partial charge in [0.05, 0.1) is 17.7 Å². The second-order valence-electron chi connectivity index (χ2n) is 4.47. The van der Waals surface area contributed by atoms with Crippen LogP contribution in [-0.2, 0) is 6.54 Å². The van der Waals surface area contributed by atoms with E-state index in [4.69, 9.17) is 0 Å². The lowest BCUT2D eigenvalue weighted by molar-refractivity contribution is 0.0638. The summed E-state index contributed by atoms with van der Waals surface area (Å²) in [4.78, 5) is 25.8. The number of hydrogen-bond acceptors (Lipinski definition) is 5. The van der Waals surface area contributed by atoms with Crippen LogP contribution >= 0.6 is 0 Å². The summed E-state index contributed by atoms with van der Waals surface area (Å²) in [5.74, 6) is -0.290. The Hall–Kier alpha value is -2.57. The van der Waals surface area contributed by atoms with Gasteiger partial charge in [-0.05, 0) is 25.0 Å². The second kappa shape index (κ2) is 3.98. The third kappa shape index (κ3) is 1.62. The van der Waals surface area contributed by atoms with Crippen molar-refractivity contribution in [2.24, 2.45) is 0 Å². The average Bonchev–Trinajstić information content (AvgIpc) is 2.97. The van der Waals surface area contributed by atoms with Crippen molar-refractivity contribution in [2.45, 2.75) is 20.4 Å². The van der Waals surface area contributed by atoms with E-state index in [0.29, 0.717) is 17.0 Å². The summed E-state index contributed by atoms with van der Waals surface area (Å²) < 4.78 is 0. The highest BCUT2D eigenvalue weighted by Crippen LogP contribution is 2.29. The molecular weight excluding hydrogens is 246 g/mol. The highest BCUT2D eigenvalue weighted by molar-refractivity contribution is 6.22. The summed E-state index contributed by atoms with van der Waals surface area (Å²) in [7, 11) is 0. The molecule has 96 valence electrons. The summed E-state index contributed by atoms with van der Waals surface area (Å²) in [5, 5.41) is 13.2. The maximum atomic E-state index is 12.3. The Morgan fingerprint density at radius 1 is 1.11 bits per heavy atom. The molecule has 2 heterocycles. The molecule has 0 aliphatic carbocycles. The van der Waals surface area contributed by atoms with Crippen LogP contribution in [0.15, 0.2) is 12.1 Å². The standard InChI is InChI=1S/C12H11N5O2/c1-6-3-4-7(2)10-9(6)11(18)17(12(10)19)5-8-13-15-16-14-8/h3-4H,5H2,1-2H3,(H,13,14,15,16). The van der Waals surface area contributed by atoms with Crippen LogP contribution in [0.2, 0.25) is 0 Å². The van der Waals surface area contributed by atoms with Gasteiger partial charge in [0, 0.05) is 0 Å². The van der Waals surface area contributed by atoms with Crippen molar-refractivity contribution in [1.29, 1.82) is 0 Å². The van der Waals surface area contributed by atoms with Gasteiger partial charge in [-0.2, -0.15) is 5.21 Å². The highest BCUT2D eigenvalue weighted by atomic mass is 16.2. The van der Waals surface area contributed by atoms with Gasteiger partial charge in [-0.25, -0.2) is 0 Å². The molecule has 1 aromatic carbocycles. The number of aromatic amines is 1. The van der Waals surface area contributed by atoms with Gasteiger partial charge in [0.2, 0.25) is 0 Å². The number of carbonyl (C=O) groups is 2.